The minimum atomic E-state index is 0.0489. The average Bonchev–Trinajstić information content (AvgIpc) is 3.01. The maximum absolute atomic E-state index is 12.2. The quantitative estimate of drug-likeness (QED) is 0.708. The zero-order valence-corrected chi connectivity index (χ0v) is 11.6. The summed E-state index contributed by atoms with van der Waals surface area (Å²) < 4.78 is 0. The van der Waals surface area contributed by atoms with Gasteiger partial charge in [-0.3, -0.25) is 4.79 Å². The largest absolute Gasteiger partial charge is 0.340 e. The number of carbonyl (C=O) groups excluding carboxylic acids is 1. The highest BCUT2D eigenvalue weighted by molar-refractivity contribution is 5.77. The zero-order valence-electron chi connectivity index (χ0n) is 11.6. The molecule has 2 N–H and O–H groups in total. The number of hydrogen-bond donors (Lipinski definition) is 1. The van der Waals surface area contributed by atoms with Gasteiger partial charge in [0, 0.05) is 25.0 Å². The Labute approximate surface area is 106 Å². The van der Waals surface area contributed by atoms with E-state index in [2.05, 4.69) is 25.7 Å². The summed E-state index contributed by atoms with van der Waals surface area (Å²) in [6.07, 6.45) is 6.02. The predicted molar refractivity (Wildman–Crippen MR) is 71.7 cm³/mol. The third-order valence-electron chi connectivity index (χ3n) is 3.35. The highest BCUT2D eigenvalue weighted by atomic mass is 16.2. The second kappa shape index (κ2) is 7.00. The van der Waals surface area contributed by atoms with Crippen LogP contribution in [0.25, 0.3) is 0 Å². The van der Waals surface area contributed by atoms with Crippen molar-refractivity contribution in [1.82, 2.24) is 4.90 Å². The maximum Gasteiger partial charge on any atom is 0.224 e. The van der Waals surface area contributed by atoms with E-state index >= 15 is 0 Å². The van der Waals surface area contributed by atoms with Crippen LogP contribution in [0.2, 0.25) is 0 Å². The lowest BCUT2D eigenvalue weighted by Gasteiger charge is -2.24. The van der Waals surface area contributed by atoms with Crippen LogP contribution >= 0.6 is 0 Å². The normalized spacial score (nSPS) is 17.2. The predicted octanol–water partition coefficient (Wildman–Crippen LogP) is 2.54. The van der Waals surface area contributed by atoms with Crippen LogP contribution < -0.4 is 5.73 Å². The van der Waals surface area contributed by atoms with Gasteiger partial charge >= 0.3 is 0 Å². The van der Waals surface area contributed by atoms with Gasteiger partial charge in [-0.2, -0.15) is 0 Å². The second-order valence-electron chi connectivity index (χ2n) is 5.75. The van der Waals surface area contributed by atoms with Gasteiger partial charge in [0.25, 0.3) is 0 Å². The molecule has 0 radical (unpaired) electrons. The molecule has 0 aromatic rings. The van der Waals surface area contributed by atoms with Crippen molar-refractivity contribution >= 4 is 5.91 Å². The van der Waals surface area contributed by atoms with Crippen LogP contribution in [0.15, 0.2) is 0 Å². The van der Waals surface area contributed by atoms with Crippen molar-refractivity contribution < 1.29 is 4.79 Å². The van der Waals surface area contributed by atoms with Gasteiger partial charge in [-0.05, 0) is 31.6 Å². The van der Waals surface area contributed by atoms with E-state index in [9.17, 15) is 4.79 Å². The molecule has 1 amide bonds. The standard InChI is InChI=1S/C14H28N2O/c1-4-5-12(15)10-14(17)16(13-6-7-13)9-8-11(2)3/h11-13H,4-10,15H2,1-3H3. The summed E-state index contributed by atoms with van der Waals surface area (Å²) in [5.41, 5.74) is 5.95. The SMILES string of the molecule is CCCC(N)CC(=O)N(CCC(C)C)C1CC1. The average molecular weight is 240 g/mol. The molecule has 0 aliphatic heterocycles. The van der Waals surface area contributed by atoms with E-state index in [-0.39, 0.29) is 11.9 Å². The number of carbonyl (C=O) groups is 1. The summed E-state index contributed by atoms with van der Waals surface area (Å²) in [7, 11) is 0. The summed E-state index contributed by atoms with van der Waals surface area (Å²) >= 11 is 0. The van der Waals surface area contributed by atoms with Crippen LogP contribution in [0.1, 0.15) is 59.3 Å². The molecule has 1 rings (SSSR count). The second-order valence-corrected chi connectivity index (χ2v) is 5.75. The van der Waals surface area contributed by atoms with Gasteiger partial charge in [0.15, 0.2) is 0 Å². The smallest absolute Gasteiger partial charge is 0.224 e. The Kier molecular flexibility index (Phi) is 5.96. The number of hydrogen-bond acceptors (Lipinski definition) is 2. The molecule has 1 aliphatic rings. The molecule has 0 heterocycles. The minimum absolute atomic E-state index is 0.0489. The third-order valence-corrected chi connectivity index (χ3v) is 3.35. The first kappa shape index (κ1) is 14.5. The number of nitrogens with two attached hydrogens (primary N) is 1. The lowest BCUT2D eigenvalue weighted by atomic mass is 10.1. The monoisotopic (exact) mass is 240 g/mol. The van der Waals surface area contributed by atoms with E-state index in [1.54, 1.807) is 0 Å². The Bertz CT molecular complexity index is 236. The van der Waals surface area contributed by atoms with Crippen molar-refractivity contribution in [2.75, 3.05) is 6.54 Å². The summed E-state index contributed by atoms with van der Waals surface area (Å²) in [6.45, 7) is 7.44. The minimum Gasteiger partial charge on any atom is -0.340 e. The molecule has 3 nitrogen and oxygen atoms in total. The molecule has 17 heavy (non-hydrogen) atoms. The zero-order chi connectivity index (χ0) is 12.8. The Balaban J connectivity index is 2.37. The Morgan fingerprint density at radius 2 is 2.00 bits per heavy atom. The highest BCUT2D eigenvalue weighted by Gasteiger charge is 2.32. The Morgan fingerprint density at radius 1 is 1.35 bits per heavy atom. The van der Waals surface area contributed by atoms with Crippen LogP contribution in [0, 0.1) is 5.92 Å². The van der Waals surface area contributed by atoms with Crippen LogP contribution in [0.5, 0.6) is 0 Å². The fourth-order valence-corrected chi connectivity index (χ4v) is 2.11. The molecule has 0 aromatic carbocycles. The summed E-state index contributed by atoms with van der Waals surface area (Å²) in [4.78, 5) is 14.2. The van der Waals surface area contributed by atoms with Gasteiger partial charge in [0.05, 0.1) is 0 Å². The number of nitrogens with zero attached hydrogens (tertiary/aromatic N) is 1. The highest BCUT2D eigenvalue weighted by Crippen LogP contribution is 2.28. The van der Waals surface area contributed by atoms with Crippen molar-refractivity contribution in [3.8, 4) is 0 Å². The molecular formula is C14H28N2O. The van der Waals surface area contributed by atoms with Gasteiger partial charge in [-0.25, -0.2) is 0 Å². The molecule has 1 unspecified atom stereocenters. The fraction of sp³-hybridized carbons (Fsp3) is 0.929. The molecular weight excluding hydrogens is 212 g/mol. The van der Waals surface area contributed by atoms with Crippen molar-refractivity contribution in [2.45, 2.75) is 71.4 Å². The topological polar surface area (TPSA) is 46.3 Å². The number of amides is 1. The molecule has 1 saturated carbocycles. The molecule has 1 fully saturated rings. The first-order valence-corrected chi connectivity index (χ1v) is 7.09. The third kappa shape index (κ3) is 5.53. The van der Waals surface area contributed by atoms with Gasteiger partial charge in [-0.1, -0.05) is 27.2 Å². The summed E-state index contributed by atoms with van der Waals surface area (Å²) in [5.74, 6) is 0.933. The van der Waals surface area contributed by atoms with E-state index < -0.39 is 0 Å². The van der Waals surface area contributed by atoms with Crippen LogP contribution in [0.4, 0.5) is 0 Å². The molecule has 0 bridgehead atoms. The summed E-state index contributed by atoms with van der Waals surface area (Å²) in [5, 5.41) is 0. The molecule has 0 saturated heterocycles. The molecule has 100 valence electrons. The summed E-state index contributed by atoms with van der Waals surface area (Å²) in [6, 6.07) is 0.572. The van der Waals surface area contributed by atoms with Crippen LogP contribution in [-0.2, 0) is 4.79 Å². The van der Waals surface area contributed by atoms with Crippen molar-refractivity contribution in [3.63, 3.8) is 0 Å². The first-order chi connectivity index (χ1) is 8.04. The van der Waals surface area contributed by atoms with Gasteiger partial charge in [-0.15, -0.1) is 0 Å². The maximum atomic E-state index is 12.2. The van der Waals surface area contributed by atoms with Crippen molar-refractivity contribution in [3.05, 3.63) is 0 Å². The van der Waals surface area contributed by atoms with E-state index in [1.807, 2.05) is 0 Å². The fourth-order valence-electron chi connectivity index (χ4n) is 2.11. The molecule has 0 aromatic heterocycles. The van der Waals surface area contributed by atoms with E-state index in [0.717, 1.165) is 25.8 Å². The molecule has 1 atom stereocenters. The van der Waals surface area contributed by atoms with Crippen LogP contribution in [0.3, 0.4) is 0 Å². The van der Waals surface area contributed by atoms with Gasteiger partial charge in [0.1, 0.15) is 0 Å². The van der Waals surface area contributed by atoms with Crippen molar-refractivity contribution in [2.24, 2.45) is 11.7 Å². The lowest BCUT2D eigenvalue weighted by molar-refractivity contribution is -0.132. The van der Waals surface area contributed by atoms with Crippen molar-refractivity contribution in [1.29, 1.82) is 0 Å². The van der Waals surface area contributed by atoms with E-state index in [1.165, 1.54) is 12.8 Å². The Morgan fingerprint density at radius 3 is 2.47 bits per heavy atom. The molecule has 3 heteroatoms. The molecule has 0 spiro atoms. The number of rotatable bonds is 8. The van der Waals surface area contributed by atoms with E-state index in [0.29, 0.717) is 18.4 Å². The van der Waals surface area contributed by atoms with Gasteiger partial charge < -0.3 is 10.6 Å². The first-order valence-electron chi connectivity index (χ1n) is 7.09. The molecule has 1 aliphatic carbocycles. The lowest BCUT2D eigenvalue weighted by Crippen LogP contribution is -2.38. The van der Waals surface area contributed by atoms with Gasteiger partial charge in [0.2, 0.25) is 5.91 Å². The van der Waals surface area contributed by atoms with E-state index in [4.69, 9.17) is 5.73 Å². The van der Waals surface area contributed by atoms with Crippen LogP contribution in [-0.4, -0.2) is 29.4 Å². The Hall–Kier alpha value is -0.570.